The van der Waals surface area contributed by atoms with E-state index in [1.807, 2.05) is 12.1 Å². The Hall–Kier alpha value is -2.40. The van der Waals surface area contributed by atoms with Gasteiger partial charge in [-0.25, -0.2) is 0 Å². The first-order chi connectivity index (χ1) is 17.9. The normalized spacial score (nSPS) is 31.1. The summed E-state index contributed by atoms with van der Waals surface area (Å²) in [5, 5.41) is 0.763. The van der Waals surface area contributed by atoms with Gasteiger partial charge in [-0.15, -0.1) is 0 Å². The molecule has 2 aromatic carbocycles. The van der Waals surface area contributed by atoms with Crippen molar-refractivity contribution in [2.75, 3.05) is 32.7 Å². The number of carbonyl (C=O) groups is 1. The van der Waals surface area contributed by atoms with Crippen LogP contribution in [0.3, 0.4) is 0 Å². The van der Waals surface area contributed by atoms with Crippen LogP contribution in [0, 0.1) is 17.3 Å². The van der Waals surface area contributed by atoms with E-state index >= 15 is 0 Å². The van der Waals surface area contributed by atoms with Crippen LogP contribution in [-0.2, 0) is 9.53 Å². The third-order valence-corrected chi connectivity index (χ3v) is 9.48. The summed E-state index contributed by atoms with van der Waals surface area (Å²) in [6, 6.07) is 19.2. The van der Waals surface area contributed by atoms with Crippen molar-refractivity contribution < 1.29 is 9.53 Å². The van der Waals surface area contributed by atoms with Gasteiger partial charge in [0.25, 0.3) is 0 Å². The van der Waals surface area contributed by atoms with Gasteiger partial charge in [-0.05, 0) is 60.4 Å². The zero-order valence-corrected chi connectivity index (χ0v) is 22.7. The van der Waals surface area contributed by atoms with Gasteiger partial charge in [0.1, 0.15) is 6.10 Å². The molecule has 2 aliphatic heterocycles. The van der Waals surface area contributed by atoms with E-state index < -0.39 is 0 Å². The molecule has 194 valence electrons. The average Bonchev–Trinajstić information content (AvgIpc) is 3.19. The molecule has 0 amide bonds. The molecular weight excluding hydrogens is 480 g/mol. The molecule has 4 aliphatic rings. The molecule has 0 saturated carbocycles. The third kappa shape index (κ3) is 4.80. The van der Waals surface area contributed by atoms with Crippen LogP contribution >= 0.6 is 11.6 Å². The standard InChI is InChI=1S/C32H37ClN2O2/c1-22-7-6-14-32(2)20-29-26(19-28(22)32)27(31(36)37-29)21-34-15-17-35(18-16-34)30(23-8-4-3-5-9-23)24-10-12-25(33)13-11-24/h3-5,7-13,19,26-27,29-30H,6,14-18,20-21H2,1-2H3/t26-,27-,29+,30+,32-/m0/s1. The van der Waals surface area contributed by atoms with Gasteiger partial charge in [-0.2, -0.15) is 0 Å². The number of carbonyl (C=O) groups excluding carboxylic acids is 1. The number of fused-ring (bicyclic) bond motifs is 2. The molecule has 0 spiro atoms. The fourth-order valence-corrected chi connectivity index (χ4v) is 7.34. The predicted molar refractivity (Wildman–Crippen MR) is 148 cm³/mol. The van der Waals surface area contributed by atoms with Crippen LogP contribution in [0.15, 0.2) is 77.9 Å². The van der Waals surface area contributed by atoms with E-state index in [2.05, 4.69) is 78.3 Å². The molecule has 6 rings (SSSR count). The van der Waals surface area contributed by atoms with Gasteiger partial charge in [-0.1, -0.05) is 78.7 Å². The summed E-state index contributed by atoms with van der Waals surface area (Å²) >= 11 is 6.20. The van der Waals surface area contributed by atoms with Gasteiger partial charge in [0.15, 0.2) is 0 Å². The van der Waals surface area contributed by atoms with Crippen LogP contribution in [0.4, 0.5) is 0 Å². The summed E-state index contributed by atoms with van der Waals surface area (Å²) < 4.78 is 6.00. The summed E-state index contributed by atoms with van der Waals surface area (Å²) in [4.78, 5) is 18.1. The van der Waals surface area contributed by atoms with Crippen LogP contribution in [0.5, 0.6) is 0 Å². The lowest BCUT2D eigenvalue weighted by Crippen LogP contribution is -2.50. The Labute approximate surface area is 225 Å². The first-order valence-corrected chi connectivity index (χ1v) is 14.2. The summed E-state index contributed by atoms with van der Waals surface area (Å²) in [6.45, 7) is 9.19. The number of ether oxygens (including phenoxy) is 1. The number of piperazine rings is 1. The van der Waals surface area contributed by atoms with Crippen molar-refractivity contribution in [3.05, 3.63) is 94.0 Å². The van der Waals surface area contributed by atoms with Crippen molar-refractivity contribution in [3.63, 3.8) is 0 Å². The topological polar surface area (TPSA) is 32.8 Å². The minimum absolute atomic E-state index is 0.00138. The first-order valence-electron chi connectivity index (χ1n) is 13.8. The van der Waals surface area contributed by atoms with E-state index in [1.165, 1.54) is 22.3 Å². The van der Waals surface area contributed by atoms with Gasteiger partial charge >= 0.3 is 5.97 Å². The highest BCUT2D eigenvalue weighted by molar-refractivity contribution is 6.30. The van der Waals surface area contributed by atoms with Crippen LogP contribution in [-0.4, -0.2) is 54.6 Å². The zero-order chi connectivity index (χ0) is 25.6. The third-order valence-electron chi connectivity index (χ3n) is 9.22. The predicted octanol–water partition coefficient (Wildman–Crippen LogP) is 6.28. The molecule has 0 radical (unpaired) electrons. The molecule has 0 aromatic heterocycles. The van der Waals surface area contributed by atoms with E-state index in [9.17, 15) is 4.79 Å². The van der Waals surface area contributed by atoms with Gasteiger partial charge in [-0.3, -0.25) is 14.6 Å². The number of halogens is 1. The maximum atomic E-state index is 13.1. The summed E-state index contributed by atoms with van der Waals surface area (Å²) in [5.41, 5.74) is 5.57. The lowest BCUT2D eigenvalue weighted by atomic mass is 9.62. The van der Waals surface area contributed by atoms with Gasteiger partial charge in [0.05, 0.1) is 12.0 Å². The smallest absolute Gasteiger partial charge is 0.311 e. The SMILES string of the molecule is CC1=CCC[C@@]2(C)C[C@H]3OC(=O)[C@@H](CN4CCN([C@H](c5ccccc5)c5ccc(Cl)cc5)CC4)[C@@H]3C=C12. The molecule has 2 fully saturated rings. The van der Waals surface area contributed by atoms with Crippen molar-refractivity contribution in [3.8, 4) is 0 Å². The Kier molecular flexibility index (Phi) is 6.77. The number of benzene rings is 2. The van der Waals surface area contributed by atoms with Crippen molar-refractivity contribution in [2.24, 2.45) is 17.3 Å². The monoisotopic (exact) mass is 516 g/mol. The number of nitrogens with zero attached hydrogens (tertiary/aromatic N) is 2. The molecule has 2 aromatic rings. The summed E-state index contributed by atoms with van der Waals surface area (Å²) in [6.07, 6.45) is 8.05. The molecule has 37 heavy (non-hydrogen) atoms. The van der Waals surface area contributed by atoms with Gasteiger partial charge < -0.3 is 4.74 Å². The molecule has 2 saturated heterocycles. The minimum Gasteiger partial charge on any atom is -0.461 e. The highest BCUT2D eigenvalue weighted by Crippen LogP contribution is 2.52. The fraction of sp³-hybridized carbons (Fsp3) is 0.469. The summed E-state index contributed by atoms with van der Waals surface area (Å²) in [7, 11) is 0. The Balaban J connectivity index is 1.16. The number of hydrogen-bond donors (Lipinski definition) is 0. The van der Waals surface area contributed by atoms with Crippen LogP contribution in [0.2, 0.25) is 5.02 Å². The molecule has 2 heterocycles. The van der Waals surface area contributed by atoms with Crippen molar-refractivity contribution in [1.82, 2.24) is 9.80 Å². The second-order valence-corrected chi connectivity index (χ2v) is 12.1. The average molecular weight is 517 g/mol. The molecule has 5 atom stereocenters. The highest BCUT2D eigenvalue weighted by atomic mass is 35.5. The molecule has 4 nitrogen and oxygen atoms in total. The molecule has 5 heteroatoms. The van der Waals surface area contributed by atoms with Crippen LogP contribution in [0.1, 0.15) is 50.3 Å². The number of esters is 1. The molecule has 0 unspecified atom stereocenters. The largest absolute Gasteiger partial charge is 0.461 e. The van der Waals surface area contributed by atoms with Gasteiger partial charge in [0, 0.05) is 43.7 Å². The Morgan fingerprint density at radius 3 is 2.46 bits per heavy atom. The Bertz CT molecular complexity index is 1200. The Morgan fingerprint density at radius 1 is 1.03 bits per heavy atom. The van der Waals surface area contributed by atoms with Crippen LogP contribution < -0.4 is 0 Å². The first kappa shape index (κ1) is 24.9. The minimum atomic E-state index is -0.0653. The van der Waals surface area contributed by atoms with Crippen molar-refractivity contribution >= 4 is 17.6 Å². The quantitative estimate of drug-likeness (QED) is 0.438. The lowest BCUT2D eigenvalue weighted by molar-refractivity contribution is -0.145. The van der Waals surface area contributed by atoms with E-state index in [1.54, 1.807) is 0 Å². The van der Waals surface area contributed by atoms with E-state index in [4.69, 9.17) is 16.3 Å². The maximum absolute atomic E-state index is 13.1. The molecule has 2 aliphatic carbocycles. The second-order valence-electron chi connectivity index (χ2n) is 11.6. The summed E-state index contributed by atoms with van der Waals surface area (Å²) in [5.74, 6) is 0.132. The zero-order valence-electron chi connectivity index (χ0n) is 21.9. The van der Waals surface area contributed by atoms with E-state index in [0.29, 0.717) is 0 Å². The maximum Gasteiger partial charge on any atom is 0.311 e. The highest BCUT2D eigenvalue weighted by Gasteiger charge is 2.51. The Morgan fingerprint density at radius 2 is 1.73 bits per heavy atom. The van der Waals surface area contributed by atoms with E-state index in [0.717, 1.165) is 57.0 Å². The number of rotatable bonds is 5. The second kappa shape index (κ2) is 10.1. The number of hydrogen-bond acceptors (Lipinski definition) is 4. The number of allylic oxidation sites excluding steroid dienone is 3. The fourth-order valence-electron chi connectivity index (χ4n) is 7.21. The van der Waals surface area contributed by atoms with Crippen molar-refractivity contribution in [2.45, 2.75) is 45.3 Å². The van der Waals surface area contributed by atoms with Crippen molar-refractivity contribution in [1.29, 1.82) is 0 Å². The molecule has 0 bridgehead atoms. The molecule has 0 N–H and O–H groups in total. The van der Waals surface area contributed by atoms with Crippen LogP contribution in [0.25, 0.3) is 0 Å². The van der Waals surface area contributed by atoms with E-state index in [-0.39, 0.29) is 35.4 Å². The van der Waals surface area contributed by atoms with Gasteiger partial charge in [0.2, 0.25) is 0 Å². The lowest BCUT2D eigenvalue weighted by Gasteiger charge is -2.43. The molecular formula is C32H37ClN2O2.